The molecule has 0 aromatic rings. The second-order valence-corrected chi connectivity index (χ2v) is 5.21. The van der Waals surface area contributed by atoms with Crippen LogP contribution in [0.1, 0.15) is 39.0 Å². The van der Waals surface area contributed by atoms with Crippen LogP contribution < -0.4 is 11.1 Å². The van der Waals surface area contributed by atoms with Gasteiger partial charge in [-0.3, -0.25) is 4.79 Å². The molecule has 0 radical (unpaired) electrons. The molecule has 3 N–H and O–H groups in total. The van der Waals surface area contributed by atoms with Crippen molar-refractivity contribution >= 4 is 5.91 Å². The first kappa shape index (κ1) is 9.97. The molecule has 14 heavy (non-hydrogen) atoms. The second-order valence-electron chi connectivity index (χ2n) is 5.21. The molecule has 0 atom stereocenters. The number of hydrogen-bond donors (Lipinski definition) is 2. The van der Waals surface area contributed by atoms with E-state index in [1.165, 1.54) is 6.42 Å². The molecular formula is C11H20N2O. The van der Waals surface area contributed by atoms with E-state index in [2.05, 4.69) is 12.2 Å². The predicted molar refractivity (Wildman–Crippen MR) is 55.7 cm³/mol. The highest BCUT2D eigenvalue weighted by Gasteiger charge is 2.35. The molecule has 0 aromatic heterocycles. The lowest BCUT2D eigenvalue weighted by atomic mass is 9.75. The SMILES string of the molecule is CC1CC(C(=O)NCC2(N)CCC2)C1. The molecule has 3 nitrogen and oxygen atoms in total. The van der Waals surface area contributed by atoms with Crippen LogP contribution >= 0.6 is 0 Å². The highest BCUT2D eigenvalue weighted by Crippen LogP contribution is 2.33. The summed E-state index contributed by atoms with van der Waals surface area (Å²) >= 11 is 0. The second kappa shape index (κ2) is 3.54. The van der Waals surface area contributed by atoms with Gasteiger partial charge in [0.05, 0.1) is 0 Å². The fraction of sp³-hybridized carbons (Fsp3) is 0.909. The molecule has 0 saturated heterocycles. The van der Waals surface area contributed by atoms with Crippen molar-refractivity contribution < 1.29 is 4.79 Å². The van der Waals surface area contributed by atoms with Gasteiger partial charge in [-0.2, -0.15) is 0 Å². The Balaban J connectivity index is 1.68. The molecule has 3 heteroatoms. The first-order valence-electron chi connectivity index (χ1n) is 5.66. The van der Waals surface area contributed by atoms with Crippen LogP contribution in [0, 0.1) is 11.8 Å². The summed E-state index contributed by atoms with van der Waals surface area (Å²) in [5, 5.41) is 2.98. The molecule has 2 fully saturated rings. The van der Waals surface area contributed by atoms with Gasteiger partial charge in [0.1, 0.15) is 0 Å². The standard InChI is InChI=1S/C11H20N2O/c1-8-5-9(6-8)10(14)13-7-11(12)3-2-4-11/h8-9H,2-7,12H2,1H3,(H,13,14). The summed E-state index contributed by atoms with van der Waals surface area (Å²) in [5.74, 6) is 1.23. The topological polar surface area (TPSA) is 55.1 Å². The van der Waals surface area contributed by atoms with E-state index in [0.717, 1.165) is 31.6 Å². The maximum atomic E-state index is 11.6. The fourth-order valence-corrected chi connectivity index (χ4v) is 2.33. The van der Waals surface area contributed by atoms with Crippen molar-refractivity contribution in [1.82, 2.24) is 5.32 Å². The third-order valence-electron chi connectivity index (χ3n) is 3.71. The van der Waals surface area contributed by atoms with Gasteiger partial charge in [-0.25, -0.2) is 0 Å². The number of amides is 1. The highest BCUT2D eigenvalue weighted by atomic mass is 16.1. The minimum absolute atomic E-state index is 0.0783. The van der Waals surface area contributed by atoms with Crippen molar-refractivity contribution in [2.45, 2.75) is 44.6 Å². The van der Waals surface area contributed by atoms with E-state index in [1.54, 1.807) is 0 Å². The normalized spacial score (nSPS) is 34.1. The molecule has 0 aromatic carbocycles. The molecular weight excluding hydrogens is 176 g/mol. The van der Waals surface area contributed by atoms with Gasteiger partial charge in [0.25, 0.3) is 0 Å². The summed E-state index contributed by atoms with van der Waals surface area (Å²) in [6, 6.07) is 0. The Morgan fingerprint density at radius 3 is 2.57 bits per heavy atom. The third-order valence-corrected chi connectivity index (χ3v) is 3.71. The van der Waals surface area contributed by atoms with E-state index in [0.29, 0.717) is 6.54 Å². The Bertz CT molecular complexity index is 229. The van der Waals surface area contributed by atoms with Crippen LogP contribution in [0.3, 0.4) is 0 Å². The first-order chi connectivity index (χ1) is 6.59. The Labute approximate surface area is 85.4 Å². The predicted octanol–water partition coefficient (Wildman–Crippen LogP) is 1.03. The van der Waals surface area contributed by atoms with E-state index in [9.17, 15) is 4.79 Å². The van der Waals surface area contributed by atoms with Crippen molar-refractivity contribution in [2.24, 2.45) is 17.6 Å². The van der Waals surface area contributed by atoms with Gasteiger partial charge in [0.15, 0.2) is 0 Å². The molecule has 2 aliphatic rings. The summed E-state index contributed by atoms with van der Waals surface area (Å²) in [6.45, 7) is 2.87. The number of nitrogens with one attached hydrogen (secondary N) is 1. The van der Waals surface area contributed by atoms with E-state index in [1.807, 2.05) is 0 Å². The minimum Gasteiger partial charge on any atom is -0.354 e. The third kappa shape index (κ3) is 1.92. The van der Waals surface area contributed by atoms with Gasteiger partial charge in [0, 0.05) is 18.0 Å². The largest absolute Gasteiger partial charge is 0.354 e. The number of rotatable bonds is 3. The van der Waals surface area contributed by atoms with E-state index in [-0.39, 0.29) is 17.4 Å². The monoisotopic (exact) mass is 196 g/mol. The zero-order valence-electron chi connectivity index (χ0n) is 8.88. The average molecular weight is 196 g/mol. The summed E-state index contributed by atoms with van der Waals surface area (Å²) in [6.07, 6.45) is 5.46. The molecule has 0 aliphatic heterocycles. The van der Waals surface area contributed by atoms with Crippen molar-refractivity contribution in [2.75, 3.05) is 6.54 Å². The first-order valence-corrected chi connectivity index (χ1v) is 5.66. The summed E-state index contributed by atoms with van der Waals surface area (Å²) < 4.78 is 0. The number of nitrogens with two attached hydrogens (primary N) is 1. The van der Waals surface area contributed by atoms with Gasteiger partial charge in [0.2, 0.25) is 5.91 Å². The lowest BCUT2D eigenvalue weighted by Gasteiger charge is -2.39. The smallest absolute Gasteiger partial charge is 0.223 e. The number of hydrogen-bond acceptors (Lipinski definition) is 2. The summed E-state index contributed by atoms with van der Waals surface area (Å²) in [4.78, 5) is 11.6. The van der Waals surface area contributed by atoms with Crippen LogP contribution in [0.4, 0.5) is 0 Å². The zero-order valence-corrected chi connectivity index (χ0v) is 8.88. The van der Waals surface area contributed by atoms with Crippen LogP contribution in [-0.4, -0.2) is 18.0 Å². The van der Waals surface area contributed by atoms with E-state index in [4.69, 9.17) is 5.73 Å². The number of carbonyl (C=O) groups is 1. The fourth-order valence-electron chi connectivity index (χ4n) is 2.33. The van der Waals surface area contributed by atoms with Crippen LogP contribution in [0.2, 0.25) is 0 Å². The quantitative estimate of drug-likeness (QED) is 0.708. The molecule has 1 amide bonds. The molecule has 2 saturated carbocycles. The Morgan fingerprint density at radius 2 is 2.14 bits per heavy atom. The van der Waals surface area contributed by atoms with E-state index < -0.39 is 0 Å². The average Bonchev–Trinajstić information content (AvgIpc) is 2.06. The van der Waals surface area contributed by atoms with Gasteiger partial charge in [-0.1, -0.05) is 6.92 Å². The van der Waals surface area contributed by atoms with Gasteiger partial charge >= 0.3 is 0 Å². The Kier molecular flexibility index (Phi) is 2.52. The van der Waals surface area contributed by atoms with Gasteiger partial charge < -0.3 is 11.1 Å². The maximum absolute atomic E-state index is 11.6. The van der Waals surface area contributed by atoms with Crippen molar-refractivity contribution in [3.8, 4) is 0 Å². The maximum Gasteiger partial charge on any atom is 0.223 e. The minimum atomic E-state index is -0.0783. The molecule has 0 heterocycles. The lowest BCUT2D eigenvalue weighted by molar-refractivity contribution is -0.129. The Morgan fingerprint density at radius 1 is 1.50 bits per heavy atom. The lowest BCUT2D eigenvalue weighted by Crippen LogP contribution is -2.56. The molecule has 0 spiro atoms. The van der Waals surface area contributed by atoms with Crippen LogP contribution in [0.15, 0.2) is 0 Å². The van der Waals surface area contributed by atoms with Crippen LogP contribution in [0.5, 0.6) is 0 Å². The zero-order chi connectivity index (χ0) is 10.2. The molecule has 2 aliphatic carbocycles. The molecule has 2 rings (SSSR count). The molecule has 0 bridgehead atoms. The Hall–Kier alpha value is -0.570. The van der Waals surface area contributed by atoms with Crippen LogP contribution in [-0.2, 0) is 4.79 Å². The van der Waals surface area contributed by atoms with Crippen molar-refractivity contribution in [3.05, 3.63) is 0 Å². The molecule has 80 valence electrons. The van der Waals surface area contributed by atoms with Crippen molar-refractivity contribution in [1.29, 1.82) is 0 Å². The summed E-state index contributed by atoms with van der Waals surface area (Å²) in [5.41, 5.74) is 5.94. The highest BCUT2D eigenvalue weighted by molar-refractivity contribution is 5.79. The van der Waals surface area contributed by atoms with E-state index >= 15 is 0 Å². The summed E-state index contributed by atoms with van der Waals surface area (Å²) in [7, 11) is 0. The van der Waals surface area contributed by atoms with Crippen molar-refractivity contribution in [3.63, 3.8) is 0 Å². The molecule has 0 unspecified atom stereocenters. The van der Waals surface area contributed by atoms with Gasteiger partial charge in [-0.15, -0.1) is 0 Å². The number of carbonyl (C=O) groups excluding carboxylic acids is 1. The van der Waals surface area contributed by atoms with Crippen LogP contribution in [0.25, 0.3) is 0 Å². The van der Waals surface area contributed by atoms with Gasteiger partial charge in [-0.05, 0) is 38.0 Å².